The number of phenols is 1. The zero-order valence-electron chi connectivity index (χ0n) is 11.2. The molecule has 98 valence electrons. The number of carbonyl (C=O) groups is 1. The van der Waals surface area contributed by atoms with E-state index in [2.05, 4.69) is 18.9 Å². The highest BCUT2D eigenvalue weighted by Crippen LogP contribution is 2.21. The number of aromatic hydroxyl groups is 1. The Kier molecular flexibility index (Phi) is 3.57. The van der Waals surface area contributed by atoms with Crippen LogP contribution in [-0.2, 0) is 0 Å². The van der Waals surface area contributed by atoms with Gasteiger partial charge in [0.1, 0.15) is 5.75 Å². The van der Waals surface area contributed by atoms with Gasteiger partial charge in [0.25, 0.3) is 5.91 Å². The molecule has 4 heteroatoms. The van der Waals surface area contributed by atoms with Gasteiger partial charge in [-0.15, -0.1) is 0 Å². The number of phenolic OH excluding ortho intramolecular Hbond substituents is 1. The molecule has 18 heavy (non-hydrogen) atoms. The summed E-state index contributed by atoms with van der Waals surface area (Å²) in [6.45, 7) is 6.28. The Hall–Kier alpha value is -1.55. The van der Waals surface area contributed by atoms with Crippen molar-refractivity contribution in [1.29, 1.82) is 0 Å². The van der Waals surface area contributed by atoms with E-state index in [4.69, 9.17) is 0 Å². The van der Waals surface area contributed by atoms with E-state index >= 15 is 0 Å². The molecule has 1 aromatic rings. The fraction of sp³-hybridized carbons (Fsp3) is 0.500. The molecule has 1 N–H and O–H groups in total. The van der Waals surface area contributed by atoms with Gasteiger partial charge < -0.3 is 14.9 Å². The number of likely N-dealkylation sites (N-methyl/N-ethyl adjacent to an activating group) is 1. The molecule has 1 heterocycles. The van der Waals surface area contributed by atoms with Gasteiger partial charge in [-0.1, -0.05) is 6.07 Å². The summed E-state index contributed by atoms with van der Waals surface area (Å²) in [5, 5.41) is 9.66. The topological polar surface area (TPSA) is 43.8 Å². The molecule has 2 rings (SSSR count). The highest BCUT2D eigenvalue weighted by atomic mass is 16.3. The summed E-state index contributed by atoms with van der Waals surface area (Å²) < 4.78 is 0. The lowest BCUT2D eigenvalue weighted by Gasteiger charge is -2.37. The Morgan fingerprint density at radius 2 is 2.11 bits per heavy atom. The molecule has 1 aliphatic rings. The molecule has 1 unspecified atom stereocenters. The molecule has 1 amide bonds. The molecular weight excluding hydrogens is 228 g/mol. The predicted octanol–water partition coefficient (Wildman–Crippen LogP) is 1.48. The molecule has 0 saturated carbocycles. The summed E-state index contributed by atoms with van der Waals surface area (Å²) in [6, 6.07) is 5.48. The van der Waals surface area contributed by atoms with Crippen molar-refractivity contribution in [3.63, 3.8) is 0 Å². The van der Waals surface area contributed by atoms with Crippen LogP contribution in [0.25, 0.3) is 0 Å². The van der Waals surface area contributed by atoms with E-state index in [1.165, 1.54) is 0 Å². The largest absolute Gasteiger partial charge is 0.508 e. The second-order valence-corrected chi connectivity index (χ2v) is 5.03. The van der Waals surface area contributed by atoms with Crippen molar-refractivity contribution in [2.24, 2.45) is 0 Å². The van der Waals surface area contributed by atoms with Crippen LogP contribution in [-0.4, -0.2) is 53.5 Å². The number of rotatable bonds is 1. The summed E-state index contributed by atoms with van der Waals surface area (Å²) in [7, 11) is 2.08. The van der Waals surface area contributed by atoms with Gasteiger partial charge in [0.2, 0.25) is 0 Å². The van der Waals surface area contributed by atoms with Crippen LogP contribution in [0.3, 0.4) is 0 Å². The minimum absolute atomic E-state index is 0.0170. The number of amides is 1. The second-order valence-electron chi connectivity index (χ2n) is 5.03. The maximum absolute atomic E-state index is 12.4. The average molecular weight is 248 g/mol. The Balaban J connectivity index is 2.19. The number of nitrogens with zero attached hydrogens (tertiary/aromatic N) is 2. The molecule has 1 atom stereocenters. The summed E-state index contributed by atoms with van der Waals surface area (Å²) in [5.74, 6) is 0.200. The van der Waals surface area contributed by atoms with E-state index in [-0.39, 0.29) is 11.7 Å². The van der Waals surface area contributed by atoms with Crippen molar-refractivity contribution < 1.29 is 9.90 Å². The Bertz CT molecular complexity index is 459. The SMILES string of the molecule is Cc1c(O)cccc1C(=O)N1CCN(C)C(C)C1. The number of piperazine rings is 1. The summed E-state index contributed by atoms with van der Waals surface area (Å²) in [4.78, 5) is 16.5. The fourth-order valence-corrected chi connectivity index (χ4v) is 2.26. The van der Waals surface area contributed by atoms with Gasteiger partial charge in [0, 0.05) is 36.8 Å². The molecule has 1 saturated heterocycles. The lowest BCUT2D eigenvalue weighted by Crippen LogP contribution is -2.52. The average Bonchev–Trinajstić information content (AvgIpc) is 2.35. The third-order valence-corrected chi connectivity index (χ3v) is 3.78. The minimum atomic E-state index is 0.0170. The smallest absolute Gasteiger partial charge is 0.254 e. The lowest BCUT2D eigenvalue weighted by atomic mass is 10.1. The monoisotopic (exact) mass is 248 g/mol. The first-order chi connectivity index (χ1) is 8.50. The van der Waals surface area contributed by atoms with E-state index in [0.717, 1.165) is 19.6 Å². The van der Waals surface area contributed by atoms with Gasteiger partial charge in [-0.05, 0) is 33.0 Å². The minimum Gasteiger partial charge on any atom is -0.508 e. The molecule has 1 aromatic carbocycles. The molecule has 0 aromatic heterocycles. The van der Waals surface area contributed by atoms with E-state index in [0.29, 0.717) is 17.2 Å². The summed E-state index contributed by atoms with van der Waals surface area (Å²) >= 11 is 0. The third-order valence-electron chi connectivity index (χ3n) is 3.78. The van der Waals surface area contributed by atoms with Crippen molar-refractivity contribution >= 4 is 5.91 Å². The maximum Gasteiger partial charge on any atom is 0.254 e. The third kappa shape index (κ3) is 2.34. The zero-order chi connectivity index (χ0) is 13.3. The van der Waals surface area contributed by atoms with Crippen molar-refractivity contribution in [1.82, 2.24) is 9.80 Å². The molecule has 0 spiro atoms. The van der Waals surface area contributed by atoms with E-state index in [9.17, 15) is 9.90 Å². The van der Waals surface area contributed by atoms with Crippen LogP contribution < -0.4 is 0 Å². The second kappa shape index (κ2) is 4.98. The van der Waals surface area contributed by atoms with Crippen molar-refractivity contribution in [3.05, 3.63) is 29.3 Å². The van der Waals surface area contributed by atoms with Crippen LogP contribution in [0.2, 0.25) is 0 Å². The molecule has 1 aliphatic heterocycles. The van der Waals surface area contributed by atoms with Gasteiger partial charge >= 0.3 is 0 Å². The van der Waals surface area contributed by atoms with Crippen LogP contribution in [0.5, 0.6) is 5.75 Å². The molecule has 0 bridgehead atoms. The molecular formula is C14H20N2O2. The fourth-order valence-electron chi connectivity index (χ4n) is 2.26. The van der Waals surface area contributed by atoms with Gasteiger partial charge in [0.05, 0.1) is 0 Å². The van der Waals surface area contributed by atoms with Gasteiger partial charge in [-0.3, -0.25) is 4.79 Å². The van der Waals surface area contributed by atoms with Crippen LogP contribution >= 0.6 is 0 Å². The van der Waals surface area contributed by atoms with Gasteiger partial charge in [0.15, 0.2) is 0 Å². The normalized spacial score (nSPS) is 21.1. The van der Waals surface area contributed by atoms with Gasteiger partial charge in [-0.25, -0.2) is 0 Å². The Labute approximate surface area is 108 Å². The van der Waals surface area contributed by atoms with Crippen molar-refractivity contribution in [2.75, 3.05) is 26.7 Å². The first-order valence-corrected chi connectivity index (χ1v) is 6.29. The highest BCUT2D eigenvalue weighted by Gasteiger charge is 2.26. The first kappa shape index (κ1) is 12.9. The lowest BCUT2D eigenvalue weighted by molar-refractivity contribution is 0.0571. The van der Waals surface area contributed by atoms with Crippen LogP contribution in [0.15, 0.2) is 18.2 Å². The number of hydrogen-bond acceptors (Lipinski definition) is 3. The van der Waals surface area contributed by atoms with Crippen LogP contribution in [0.4, 0.5) is 0 Å². The Morgan fingerprint density at radius 3 is 2.78 bits per heavy atom. The van der Waals surface area contributed by atoms with Crippen molar-refractivity contribution in [2.45, 2.75) is 19.9 Å². The molecule has 4 nitrogen and oxygen atoms in total. The summed E-state index contributed by atoms with van der Waals surface area (Å²) in [6.07, 6.45) is 0. The van der Waals surface area contributed by atoms with Crippen LogP contribution in [0.1, 0.15) is 22.8 Å². The number of carbonyl (C=O) groups excluding carboxylic acids is 1. The maximum atomic E-state index is 12.4. The van der Waals surface area contributed by atoms with E-state index in [1.807, 2.05) is 4.90 Å². The summed E-state index contributed by atoms with van der Waals surface area (Å²) in [5.41, 5.74) is 1.26. The standard InChI is InChI=1S/C14H20N2O2/c1-10-9-16(8-7-15(10)3)14(18)12-5-4-6-13(17)11(12)2/h4-6,10,17H,7-9H2,1-3H3. The van der Waals surface area contributed by atoms with Crippen molar-refractivity contribution in [3.8, 4) is 5.75 Å². The first-order valence-electron chi connectivity index (χ1n) is 6.29. The Morgan fingerprint density at radius 1 is 1.39 bits per heavy atom. The number of benzene rings is 1. The van der Waals surface area contributed by atoms with Gasteiger partial charge in [-0.2, -0.15) is 0 Å². The molecule has 1 fully saturated rings. The van der Waals surface area contributed by atoms with E-state index in [1.54, 1.807) is 25.1 Å². The molecule has 0 radical (unpaired) electrons. The van der Waals surface area contributed by atoms with Crippen LogP contribution in [0, 0.1) is 6.92 Å². The molecule has 0 aliphatic carbocycles. The highest BCUT2D eigenvalue weighted by molar-refractivity contribution is 5.96. The van der Waals surface area contributed by atoms with E-state index < -0.39 is 0 Å². The quantitative estimate of drug-likeness (QED) is 0.818. The predicted molar refractivity (Wildman–Crippen MR) is 70.8 cm³/mol. The number of hydrogen-bond donors (Lipinski definition) is 1. The zero-order valence-corrected chi connectivity index (χ0v) is 11.2.